The Morgan fingerprint density at radius 2 is 1.92 bits per heavy atom. The van der Waals surface area contributed by atoms with Crippen LogP contribution >= 0.6 is 0 Å². The van der Waals surface area contributed by atoms with Crippen LogP contribution in [0.2, 0.25) is 0 Å². The van der Waals surface area contributed by atoms with Crippen LogP contribution in [0.15, 0.2) is 51.9 Å². The van der Waals surface area contributed by atoms with Gasteiger partial charge in [-0.25, -0.2) is 17.2 Å². The third kappa shape index (κ3) is 3.25. The maximum absolute atomic E-state index is 13.6. The largest absolute Gasteiger partial charge is 0.339 e. The summed E-state index contributed by atoms with van der Waals surface area (Å²) in [4.78, 5) is 3.90. The molecule has 0 aliphatic carbocycles. The second-order valence-corrected chi connectivity index (χ2v) is 6.58. The number of nitrogens with zero attached hydrogens (tertiary/aromatic N) is 2. The van der Waals surface area contributed by atoms with Crippen LogP contribution in [0.4, 0.5) is 14.5 Å². The van der Waals surface area contributed by atoms with Crippen LogP contribution in [-0.2, 0) is 10.0 Å². The van der Waals surface area contributed by atoms with E-state index in [1.165, 1.54) is 18.2 Å². The van der Waals surface area contributed by atoms with Crippen molar-refractivity contribution in [2.75, 3.05) is 4.72 Å². The molecule has 1 aromatic heterocycles. The van der Waals surface area contributed by atoms with E-state index in [0.717, 1.165) is 12.1 Å². The highest BCUT2D eigenvalue weighted by atomic mass is 32.2. The lowest BCUT2D eigenvalue weighted by Gasteiger charge is -2.09. The van der Waals surface area contributed by atoms with Crippen molar-refractivity contribution in [3.8, 4) is 11.4 Å². The molecule has 6 nitrogen and oxygen atoms in total. The second-order valence-electron chi connectivity index (χ2n) is 4.89. The molecule has 1 N–H and O–H groups in total. The Kier molecular flexibility index (Phi) is 4.02. The first-order valence-corrected chi connectivity index (χ1v) is 8.22. The predicted molar refractivity (Wildman–Crippen MR) is 81.6 cm³/mol. The van der Waals surface area contributed by atoms with Gasteiger partial charge in [-0.05, 0) is 24.3 Å². The first-order valence-electron chi connectivity index (χ1n) is 6.74. The van der Waals surface area contributed by atoms with E-state index in [1.807, 2.05) is 0 Å². The van der Waals surface area contributed by atoms with Crippen molar-refractivity contribution in [3.05, 3.63) is 60.0 Å². The fourth-order valence-electron chi connectivity index (χ4n) is 1.99. The second kappa shape index (κ2) is 6.00. The summed E-state index contributed by atoms with van der Waals surface area (Å²) in [6, 6.07) is 8.33. The van der Waals surface area contributed by atoms with Crippen LogP contribution in [0.25, 0.3) is 11.4 Å². The van der Waals surface area contributed by atoms with Crippen LogP contribution in [0.3, 0.4) is 0 Å². The maximum atomic E-state index is 13.6. The number of anilines is 1. The molecule has 0 aliphatic heterocycles. The van der Waals surface area contributed by atoms with Crippen molar-refractivity contribution in [2.24, 2.45) is 0 Å². The molecule has 24 heavy (non-hydrogen) atoms. The Morgan fingerprint density at radius 3 is 2.58 bits per heavy atom. The lowest BCUT2D eigenvalue weighted by Crippen LogP contribution is -2.14. The van der Waals surface area contributed by atoms with Gasteiger partial charge in [-0.3, -0.25) is 4.72 Å². The number of benzene rings is 2. The molecule has 0 radical (unpaired) electrons. The quantitative estimate of drug-likeness (QED) is 0.781. The fraction of sp³-hybridized carbons (Fsp3) is 0.0667. The monoisotopic (exact) mass is 351 g/mol. The summed E-state index contributed by atoms with van der Waals surface area (Å²) in [6.07, 6.45) is 0. The highest BCUT2D eigenvalue weighted by Crippen LogP contribution is 2.23. The van der Waals surface area contributed by atoms with E-state index in [-0.39, 0.29) is 16.4 Å². The third-order valence-corrected chi connectivity index (χ3v) is 4.47. The summed E-state index contributed by atoms with van der Waals surface area (Å²) in [7, 11) is -4.07. The van der Waals surface area contributed by atoms with E-state index in [1.54, 1.807) is 13.0 Å². The summed E-state index contributed by atoms with van der Waals surface area (Å²) in [5.74, 6) is -1.24. The van der Waals surface area contributed by atoms with Crippen molar-refractivity contribution >= 4 is 15.7 Å². The number of rotatable bonds is 4. The summed E-state index contributed by atoms with van der Waals surface area (Å²) < 4.78 is 58.3. The lowest BCUT2D eigenvalue weighted by molar-refractivity contribution is 0.394. The summed E-state index contributed by atoms with van der Waals surface area (Å²) in [6.45, 7) is 1.61. The first kappa shape index (κ1) is 16.1. The SMILES string of the molecule is Cc1nc(-c2cccc(S(=O)(=O)Nc3ccc(F)cc3F)c2)no1. The third-order valence-electron chi connectivity index (χ3n) is 3.11. The van der Waals surface area contributed by atoms with Gasteiger partial charge in [0.1, 0.15) is 11.6 Å². The molecule has 0 aliphatic rings. The Bertz CT molecular complexity index is 1000. The van der Waals surface area contributed by atoms with Crippen molar-refractivity contribution in [2.45, 2.75) is 11.8 Å². The standard InChI is InChI=1S/C15H11F2N3O3S/c1-9-18-15(19-23-9)10-3-2-4-12(7-10)24(21,22)20-14-6-5-11(16)8-13(14)17/h2-8,20H,1H3. The molecular formula is C15H11F2N3O3S. The van der Waals surface area contributed by atoms with E-state index >= 15 is 0 Å². The van der Waals surface area contributed by atoms with Gasteiger partial charge in [0.2, 0.25) is 11.7 Å². The molecule has 9 heteroatoms. The number of aromatic nitrogens is 2. The molecular weight excluding hydrogens is 340 g/mol. The average Bonchev–Trinajstić information content (AvgIpc) is 2.97. The number of hydrogen-bond acceptors (Lipinski definition) is 5. The van der Waals surface area contributed by atoms with Gasteiger partial charge in [-0.15, -0.1) is 0 Å². The minimum absolute atomic E-state index is 0.119. The first-order chi connectivity index (χ1) is 11.3. The van der Waals surface area contributed by atoms with Gasteiger partial charge in [0, 0.05) is 18.6 Å². The molecule has 0 spiro atoms. The van der Waals surface area contributed by atoms with Gasteiger partial charge in [0.05, 0.1) is 10.6 Å². The van der Waals surface area contributed by atoms with Crippen LogP contribution < -0.4 is 4.72 Å². The van der Waals surface area contributed by atoms with E-state index in [9.17, 15) is 17.2 Å². The zero-order valence-electron chi connectivity index (χ0n) is 12.3. The smallest absolute Gasteiger partial charge is 0.262 e. The summed E-state index contributed by atoms with van der Waals surface area (Å²) in [5, 5.41) is 3.71. The fourth-order valence-corrected chi connectivity index (χ4v) is 3.11. The van der Waals surface area contributed by atoms with Gasteiger partial charge >= 0.3 is 0 Å². The van der Waals surface area contributed by atoms with E-state index < -0.39 is 21.7 Å². The van der Waals surface area contributed by atoms with Crippen LogP contribution in [0.5, 0.6) is 0 Å². The summed E-state index contributed by atoms with van der Waals surface area (Å²) in [5.41, 5.74) is 0.0755. The molecule has 2 aromatic carbocycles. The molecule has 3 aromatic rings. The molecule has 0 saturated heterocycles. The van der Waals surface area contributed by atoms with E-state index in [4.69, 9.17) is 4.52 Å². The topological polar surface area (TPSA) is 85.1 Å². The maximum Gasteiger partial charge on any atom is 0.262 e. The van der Waals surface area contributed by atoms with Crippen molar-refractivity contribution in [1.29, 1.82) is 0 Å². The number of halogens is 2. The Labute approximate surface area is 136 Å². The molecule has 3 rings (SSSR count). The molecule has 124 valence electrons. The number of hydrogen-bond donors (Lipinski definition) is 1. The van der Waals surface area contributed by atoms with Gasteiger partial charge < -0.3 is 4.52 Å². The molecule has 0 fully saturated rings. The number of sulfonamides is 1. The zero-order chi connectivity index (χ0) is 17.3. The van der Waals surface area contributed by atoms with Crippen LogP contribution in [-0.4, -0.2) is 18.6 Å². The lowest BCUT2D eigenvalue weighted by atomic mass is 10.2. The van der Waals surface area contributed by atoms with Crippen molar-refractivity contribution < 1.29 is 21.7 Å². The molecule has 0 saturated carbocycles. The molecule has 0 unspecified atom stereocenters. The molecule has 0 amide bonds. The number of nitrogens with one attached hydrogen (secondary N) is 1. The van der Waals surface area contributed by atoms with E-state index in [0.29, 0.717) is 17.5 Å². The zero-order valence-corrected chi connectivity index (χ0v) is 13.1. The van der Waals surface area contributed by atoms with E-state index in [2.05, 4.69) is 14.9 Å². The molecule has 0 bridgehead atoms. The van der Waals surface area contributed by atoms with Crippen molar-refractivity contribution in [3.63, 3.8) is 0 Å². The van der Waals surface area contributed by atoms with Crippen LogP contribution in [0, 0.1) is 18.6 Å². The molecule has 1 heterocycles. The highest BCUT2D eigenvalue weighted by Gasteiger charge is 2.18. The van der Waals surface area contributed by atoms with Gasteiger partial charge in [0.25, 0.3) is 10.0 Å². The van der Waals surface area contributed by atoms with Crippen LogP contribution in [0.1, 0.15) is 5.89 Å². The van der Waals surface area contributed by atoms with Gasteiger partial charge in [0.15, 0.2) is 0 Å². The van der Waals surface area contributed by atoms with Crippen molar-refractivity contribution in [1.82, 2.24) is 10.1 Å². The molecule has 0 atom stereocenters. The average molecular weight is 351 g/mol. The highest BCUT2D eigenvalue weighted by molar-refractivity contribution is 7.92. The Hall–Kier alpha value is -2.81. The Balaban J connectivity index is 1.95. The minimum atomic E-state index is -4.07. The minimum Gasteiger partial charge on any atom is -0.339 e. The van der Waals surface area contributed by atoms with Gasteiger partial charge in [-0.2, -0.15) is 4.98 Å². The predicted octanol–water partition coefficient (Wildman–Crippen LogP) is 3.12. The van der Waals surface area contributed by atoms with Gasteiger partial charge in [-0.1, -0.05) is 17.3 Å². The number of aryl methyl sites for hydroxylation is 1. The normalized spacial score (nSPS) is 11.5. The Morgan fingerprint density at radius 1 is 1.12 bits per heavy atom. The summed E-state index contributed by atoms with van der Waals surface area (Å²) >= 11 is 0.